The van der Waals surface area contributed by atoms with Crippen LogP contribution in [0, 0.1) is 0 Å². The summed E-state index contributed by atoms with van der Waals surface area (Å²) in [5.74, 6) is 1.17. The second kappa shape index (κ2) is 9.30. The summed E-state index contributed by atoms with van der Waals surface area (Å²) in [6.45, 7) is 6.03. The number of guanidine groups is 1. The number of furan rings is 1. The number of aromatic nitrogens is 2. The van der Waals surface area contributed by atoms with Crippen LogP contribution in [0.4, 0.5) is 0 Å². The molecule has 156 valence electrons. The molecule has 1 fully saturated rings. The molecule has 0 radical (unpaired) electrons. The number of benzene rings is 1. The highest BCUT2D eigenvalue weighted by Gasteiger charge is 2.25. The van der Waals surface area contributed by atoms with Gasteiger partial charge in [0, 0.05) is 38.9 Å². The molecule has 0 bridgehead atoms. The van der Waals surface area contributed by atoms with E-state index in [2.05, 4.69) is 22.2 Å². The zero-order valence-electron chi connectivity index (χ0n) is 17.1. The van der Waals surface area contributed by atoms with Gasteiger partial charge in [-0.2, -0.15) is 5.10 Å². The van der Waals surface area contributed by atoms with E-state index in [1.54, 1.807) is 12.1 Å². The van der Waals surface area contributed by atoms with Gasteiger partial charge in [0.1, 0.15) is 0 Å². The fourth-order valence-corrected chi connectivity index (χ4v) is 3.43. The second-order valence-electron chi connectivity index (χ2n) is 7.01. The predicted octanol–water partition coefficient (Wildman–Crippen LogP) is 2.39. The number of piperazine rings is 1. The fraction of sp³-hybridized carbons (Fsp3) is 0.318. The van der Waals surface area contributed by atoms with Gasteiger partial charge in [0.25, 0.3) is 5.91 Å². The number of para-hydroxylation sites is 1. The largest absolute Gasteiger partial charge is 0.459 e. The summed E-state index contributed by atoms with van der Waals surface area (Å²) in [6.07, 6.45) is 3.48. The molecule has 1 amide bonds. The van der Waals surface area contributed by atoms with E-state index in [1.165, 1.54) is 6.26 Å². The number of aliphatic imine (C=N–C) groups is 1. The highest BCUT2D eigenvalue weighted by atomic mass is 16.3. The number of carbonyl (C=O) groups is 1. The Bertz CT molecular complexity index is 972. The average Bonchev–Trinajstić information content (AvgIpc) is 3.49. The van der Waals surface area contributed by atoms with E-state index >= 15 is 0 Å². The Balaban J connectivity index is 1.38. The van der Waals surface area contributed by atoms with Crippen molar-refractivity contribution in [1.82, 2.24) is 24.9 Å². The lowest BCUT2D eigenvalue weighted by molar-refractivity contribution is 0.0657. The lowest BCUT2D eigenvalue weighted by Gasteiger charge is -2.36. The summed E-state index contributed by atoms with van der Waals surface area (Å²) < 4.78 is 7.09. The molecule has 1 aliphatic heterocycles. The smallest absolute Gasteiger partial charge is 0.289 e. The lowest BCUT2D eigenvalue weighted by atomic mass is 10.3. The van der Waals surface area contributed by atoms with Crippen LogP contribution in [-0.2, 0) is 6.54 Å². The first-order valence-electron chi connectivity index (χ1n) is 10.2. The van der Waals surface area contributed by atoms with Gasteiger partial charge >= 0.3 is 0 Å². The molecular formula is C22H26N6O2. The molecule has 1 saturated heterocycles. The zero-order valence-corrected chi connectivity index (χ0v) is 17.1. The fourth-order valence-electron chi connectivity index (χ4n) is 3.43. The van der Waals surface area contributed by atoms with Crippen LogP contribution in [0.2, 0.25) is 0 Å². The number of carbonyl (C=O) groups excluding carboxylic acids is 1. The van der Waals surface area contributed by atoms with Gasteiger partial charge in [0.15, 0.2) is 11.7 Å². The van der Waals surface area contributed by atoms with Crippen molar-refractivity contribution in [2.24, 2.45) is 4.99 Å². The lowest BCUT2D eigenvalue weighted by Crippen LogP contribution is -2.53. The van der Waals surface area contributed by atoms with Crippen LogP contribution in [-0.4, -0.2) is 64.2 Å². The Labute approximate surface area is 175 Å². The van der Waals surface area contributed by atoms with E-state index in [0.717, 1.165) is 37.0 Å². The molecule has 4 rings (SSSR count). The maximum absolute atomic E-state index is 12.5. The van der Waals surface area contributed by atoms with Crippen LogP contribution in [0.25, 0.3) is 5.69 Å². The van der Waals surface area contributed by atoms with Crippen LogP contribution in [0.15, 0.2) is 70.4 Å². The SMILES string of the molecule is CCNC(=NCc1ccn(-c2ccccc2)n1)N1CCN(C(=O)c2ccco2)CC1. The van der Waals surface area contributed by atoms with Crippen molar-refractivity contribution in [1.29, 1.82) is 0 Å². The van der Waals surface area contributed by atoms with E-state index < -0.39 is 0 Å². The zero-order chi connectivity index (χ0) is 20.8. The molecule has 3 aromatic rings. The van der Waals surface area contributed by atoms with Crippen LogP contribution in [0.1, 0.15) is 23.2 Å². The highest BCUT2D eigenvalue weighted by molar-refractivity contribution is 5.91. The van der Waals surface area contributed by atoms with Crippen molar-refractivity contribution < 1.29 is 9.21 Å². The molecule has 8 nitrogen and oxygen atoms in total. The first kappa shape index (κ1) is 19.8. The van der Waals surface area contributed by atoms with Gasteiger partial charge in [0.05, 0.1) is 24.2 Å². The quantitative estimate of drug-likeness (QED) is 0.520. The minimum absolute atomic E-state index is 0.0620. The highest BCUT2D eigenvalue weighted by Crippen LogP contribution is 2.11. The van der Waals surface area contributed by atoms with Gasteiger partial charge in [-0.15, -0.1) is 0 Å². The maximum Gasteiger partial charge on any atom is 0.289 e. The summed E-state index contributed by atoms with van der Waals surface area (Å²) in [5, 5.41) is 7.97. The molecule has 1 N–H and O–H groups in total. The maximum atomic E-state index is 12.5. The minimum Gasteiger partial charge on any atom is -0.459 e. The van der Waals surface area contributed by atoms with Crippen molar-refractivity contribution in [3.05, 3.63) is 72.4 Å². The summed E-state index contributed by atoms with van der Waals surface area (Å²) in [4.78, 5) is 21.2. The third-order valence-electron chi connectivity index (χ3n) is 4.99. The first-order valence-corrected chi connectivity index (χ1v) is 10.2. The average molecular weight is 406 g/mol. The predicted molar refractivity (Wildman–Crippen MR) is 115 cm³/mol. The number of rotatable bonds is 5. The molecule has 8 heteroatoms. The number of hydrogen-bond acceptors (Lipinski definition) is 4. The molecule has 0 spiro atoms. The number of hydrogen-bond donors (Lipinski definition) is 1. The molecule has 0 aliphatic carbocycles. The third kappa shape index (κ3) is 4.53. The summed E-state index contributed by atoms with van der Waals surface area (Å²) >= 11 is 0. The molecule has 3 heterocycles. The minimum atomic E-state index is -0.0620. The van der Waals surface area contributed by atoms with E-state index in [9.17, 15) is 4.79 Å². The van der Waals surface area contributed by atoms with Crippen LogP contribution >= 0.6 is 0 Å². The number of nitrogens with zero attached hydrogens (tertiary/aromatic N) is 5. The summed E-state index contributed by atoms with van der Waals surface area (Å²) in [6, 6.07) is 15.4. The van der Waals surface area contributed by atoms with Crippen LogP contribution in [0.3, 0.4) is 0 Å². The third-order valence-corrected chi connectivity index (χ3v) is 4.99. The number of nitrogens with one attached hydrogen (secondary N) is 1. The Morgan fingerprint density at radius 2 is 1.83 bits per heavy atom. The van der Waals surface area contributed by atoms with Crippen molar-refractivity contribution >= 4 is 11.9 Å². The Kier molecular flexibility index (Phi) is 6.12. The van der Waals surface area contributed by atoms with Gasteiger partial charge in [-0.1, -0.05) is 18.2 Å². The molecule has 1 aromatic carbocycles. The molecular weight excluding hydrogens is 380 g/mol. The first-order chi connectivity index (χ1) is 14.7. The van der Waals surface area contributed by atoms with Crippen LogP contribution in [0.5, 0.6) is 0 Å². The van der Waals surface area contributed by atoms with Gasteiger partial charge in [-0.3, -0.25) is 4.79 Å². The normalized spacial score (nSPS) is 14.8. The van der Waals surface area contributed by atoms with Gasteiger partial charge in [0.2, 0.25) is 0 Å². The molecule has 1 aliphatic rings. The van der Waals surface area contributed by atoms with Crippen molar-refractivity contribution in [2.75, 3.05) is 32.7 Å². The van der Waals surface area contributed by atoms with Gasteiger partial charge in [-0.25, -0.2) is 9.67 Å². The van der Waals surface area contributed by atoms with Crippen molar-refractivity contribution in [2.45, 2.75) is 13.5 Å². The number of amides is 1. The van der Waals surface area contributed by atoms with E-state index in [4.69, 9.17) is 9.41 Å². The van der Waals surface area contributed by atoms with Gasteiger partial charge < -0.3 is 19.5 Å². The van der Waals surface area contributed by atoms with Crippen LogP contribution < -0.4 is 5.32 Å². The second-order valence-corrected chi connectivity index (χ2v) is 7.01. The Hall–Kier alpha value is -3.55. The molecule has 0 atom stereocenters. The van der Waals surface area contributed by atoms with E-state index in [1.807, 2.05) is 52.2 Å². The standard InChI is InChI=1S/C22H26N6O2/c1-2-23-22(24-17-18-10-11-28(25-18)19-7-4-3-5-8-19)27-14-12-26(13-15-27)21(29)20-9-6-16-30-20/h3-11,16H,2,12-15,17H2,1H3,(H,23,24). The molecule has 0 saturated carbocycles. The molecule has 30 heavy (non-hydrogen) atoms. The Morgan fingerprint density at radius 3 is 2.53 bits per heavy atom. The molecule has 2 aromatic heterocycles. The van der Waals surface area contributed by atoms with Gasteiger partial charge in [-0.05, 0) is 37.3 Å². The van der Waals surface area contributed by atoms with E-state index in [-0.39, 0.29) is 5.91 Å². The topological polar surface area (TPSA) is 78.9 Å². The summed E-state index contributed by atoms with van der Waals surface area (Å²) in [7, 11) is 0. The van der Waals surface area contributed by atoms with E-state index in [0.29, 0.717) is 25.4 Å². The van der Waals surface area contributed by atoms with Crippen molar-refractivity contribution in [3.8, 4) is 5.69 Å². The monoisotopic (exact) mass is 406 g/mol. The Morgan fingerprint density at radius 1 is 1.07 bits per heavy atom. The van der Waals surface area contributed by atoms with Crippen molar-refractivity contribution in [3.63, 3.8) is 0 Å². The molecule has 0 unspecified atom stereocenters. The summed E-state index contributed by atoms with van der Waals surface area (Å²) in [5.41, 5.74) is 1.93.